The summed E-state index contributed by atoms with van der Waals surface area (Å²) >= 11 is 3.22. The average Bonchev–Trinajstić information content (AvgIpc) is 3.09. The van der Waals surface area contributed by atoms with E-state index in [1.54, 1.807) is 23.0 Å². The molecule has 1 aromatic heterocycles. The van der Waals surface area contributed by atoms with Crippen LogP contribution in [0.5, 0.6) is 0 Å². The second kappa shape index (κ2) is 8.07. The first-order chi connectivity index (χ1) is 12.1. The number of hydrogen-bond donors (Lipinski definition) is 1. The number of halogens is 2. The number of para-hydroxylation sites is 1. The van der Waals surface area contributed by atoms with Gasteiger partial charge in [0.25, 0.3) is 0 Å². The molecule has 25 heavy (non-hydrogen) atoms. The zero-order valence-corrected chi connectivity index (χ0v) is 15.0. The monoisotopic (exact) mass is 401 g/mol. The molecule has 1 amide bonds. The molecule has 0 aliphatic heterocycles. The molecule has 3 aromatic rings. The highest BCUT2D eigenvalue weighted by atomic mass is 79.9. The van der Waals surface area contributed by atoms with Crippen LogP contribution in [-0.4, -0.2) is 15.7 Å². The second-order valence-corrected chi connectivity index (χ2v) is 6.56. The molecule has 0 aliphatic rings. The van der Waals surface area contributed by atoms with Gasteiger partial charge in [0, 0.05) is 29.2 Å². The Bertz CT molecular complexity index is 864. The summed E-state index contributed by atoms with van der Waals surface area (Å²) in [4.78, 5) is 12.0. The zero-order valence-electron chi connectivity index (χ0n) is 13.5. The lowest BCUT2D eigenvalue weighted by Gasteiger charge is -2.05. The van der Waals surface area contributed by atoms with E-state index in [1.165, 1.54) is 6.07 Å². The first-order valence-electron chi connectivity index (χ1n) is 7.91. The molecule has 4 nitrogen and oxygen atoms in total. The van der Waals surface area contributed by atoms with Crippen molar-refractivity contribution in [3.63, 3.8) is 0 Å². The predicted molar refractivity (Wildman–Crippen MR) is 97.8 cm³/mol. The van der Waals surface area contributed by atoms with Crippen LogP contribution >= 0.6 is 15.9 Å². The maximum absolute atomic E-state index is 13.7. The van der Waals surface area contributed by atoms with Crippen molar-refractivity contribution in [2.24, 2.45) is 0 Å². The molecule has 0 spiro atoms. The quantitative estimate of drug-likeness (QED) is 0.677. The van der Waals surface area contributed by atoms with Gasteiger partial charge in [0.05, 0.1) is 11.9 Å². The minimum atomic E-state index is -0.300. The topological polar surface area (TPSA) is 46.9 Å². The Morgan fingerprint density at radius 3 is 2.76 bits per heavy atom. The Balaban J connectivity index is 1.50. The molecule has 1 N–H and O–H groups in total. The number of nitrogens with one attached hydrogen (secondary N) is 1. The van der Waals surface area contributed by atoms with E-state index in [0.717, 1.165) is 11.3 Å². The average molecular weight is 402 g/mol. The van der Waals surface area contributed by atoms with Gasteiger partial charge in [-0.2, -0.15) is 5.10 Å². The first kappa shape index (κ1) is 17.4. The number of nitrogens with zero attached hydrogens (tertiary/aromatic N) is 2. The fraction of sp³-hybridized carbons (Fsp3) is 0.158. The summed E-state index contributed by atoms with van der Waals surface area (Å²) in [5.74, 6) is -0.416. The van der Waals surface area contributed by atoms with E-state index in [-0.39, 0.29) is 18.1 Å². The van der Waals surface area contributed by atoms with Crippen LogP contribution < -0.4 is 5.32 Å². The van der Waals surface area contributed by atoms with Crippen molar-refractivity contribution in [2.75, 3.05) is 0 Å². The van der Waals surface area contributed by atoms with Gasteiger partial charge in [-0.25, -0.2) is 9.07 Å². The smallest absolute Gasteiger partial charge is 0.220 e. The molecule has 1 heterocycles. The molecule has 0 fully saturated rings. The van der Waals surface area contributed by atoms with Gasteiger partial charge in [0.15, 0.2) is 0 Å². The maximum atomic E-state index is 13.7. The van der Waals surface area contributed by atoms with Gasteiger partial charge in [-0.15, -0.1) is 0 Å². The predicted octanol–water partition coefficient (Wildman–Crippen LogP) is 4.02. The van der Waals surface area contributed by atoms with Gasteiger partial charge < -0.3 is 5.32 Å². The lowest BCUT2D eigenvalue weighted by atomic mass is 10.1. The fourth-order valence-electron chi connectivity index (χ4n) is 2.43. The van der Waals surface area contributed by atoms with Crippen LogP contribution in [0.2, 0.25) is 0 Å². The summed E-state index contributed by atoms with van der Waals surface area (Å²) in [7, 11) is 0. The Morgan fingerprint density at radius 2 is 2.00 bits per heavy atom. The van der Waals surface area contributed by atoms with E-state index in [2.05, 4.69) is 26.3 Å². The number of rotatable bonds is 6. The fourth-order valence-corrected chi connectivity index (χ4v) is 2.77. The Kier molecular flexibility index (Phi) is 5.60. The summed E-state index contributed by atoms with van der Waals surface area (Å²) in [5, 5.41) is 7.13. The van der Waals surface area contributed by atoms with Crippen LogP contribution in [0, 0.1) is 5.82 Å². The molecule has 0 saturated heterocycles. The normalized spacial score (nSPS) is 10.6. The molecule has 0 bridgehead atoms. The van der Waals surface area contributed by atoms with Crippen LogP contribution in [-0.2, 0) is 17.8 Å². The SMILES string of the molecule is O=C(CCc1ccc(Br)cc1F)NCc1cnn(-c2ccccc2)c1. The lowest BCUT2D eigenvalue weighted by molar-refractivity contribution is -0.121. The molecule has 3 rings (SSSR count). The van der Waals surface area contributed by atoms with E-state index in [1.807, 2.05) is 36.5 Å². The molecule has 0 saturated carbocycles. The third-order valence-corrected chi connectivity index (χ3v) is 4.28. The van der Waals surface area contributed by atoms with Crippen molar-refractivity contribution in [1.82, 2.24) is 15.1 Å². The van der Waals surface area contributed by atoms with Crippen molar-refractivity contribution in [1.29, 1.82) is 0 Å². The van der Waals surface area contributed by atoms with Crippen molar-refractivity contribution in [3.05, 3.63) is 82.3 Å². The summed E-state index contributed by atoms with van der Waals surface area (Å²) in [5.41, 5.74) is 2.41. The number of amides is 1. The first-order valence-corrected chi connectivity index (χ1v) is 8.71. The zero-order chi connectivity index (χ0) is 17.6. The van der Waals surface area contributed by atoms with Gasteiger partial charge in [0.2, 0.25) is 5.91 Å². The van der Waals surface area contributed by atoms with Crippen molar-refractivity contribution in [2.45, 2.75) is 19.4 Å². The summed E-state index contributed by atoms with van der Waals surface area (Å²) < 4.78 is 16.2. The third-order valence-electron chi connectivity index (χ3n) is 3.78. The molecular formula is C19H17BrFN3O. The van der Waals surface area contributed by atoms with Crippen LogP contribution in [0.1, 0.15) is 17.5 Å². The minimum absolute atomic E-state index is 0.116. The minimum Gasteiger partial charge on any atom is -0.352 e. The molecule has 128 valence electrons. The highest BCUT2D eigenvalue weighted by molar-refractivity contribution is 9.10. The van der Waals surface area contributed by atoms with Crippen molar-refractivity contribution >= 4 is 21.8 Å². The van der Waals surface area contributed by atoms with E-state index >= 15 is 0 Å². The highest BCUT2D eigenvalue weighted by Gasteiger charge is 2.08. The molecule has 6 heteroatoms. The van der Waals surface area contributed by atoms with Gasteiger partial charge >= 0.3 is 0 Å². The van der Waals surface area contributed by atoms with Gasteiger partial charge in [-0.05, 0) is 36.2 Å². The number of carbonyl (C=O) groups is 1. The van der Waals surface area contributed by atoms with Crippen molar-refractivity contribution < 1.29 is 9.18 Å². The highest BCUT2D eigenvalue weighted by Crippen LogP contribution is 2.16. The second-order valence-electron chi connectivity index (χ2n) is 5.64. The largest absolute Gasteiger partial charge is 0.352 e. The van der Waals surface area contributed by atoms with Gasteiger partial charge in [-0.3, -0.25) is 4.79 Å². The van der Waals surface area contributed by atoms with Crippen LogP contribution in [0.15, 0.2) is 65.4 Å². The third kappa shape index (κ3) is 4.76. The Labute approximate surface area is 153 Å². The van der Waals surface area contributed by atoms with Crippen LogP contribution in [0.4, 0.5) is 4.39 Å². The van der Waals surface area contributed by atoms with Crippen LogP contribution in [0.25, 0.3) is 5.69 Å². The Morgan fingerprint density at radius 1 is 1.20 bits per heavy atom. The molecule has 0 atom stereocenters. The summed E-state index contributed by atoms with van der Waals surface area (Å²) in [6.07, 6.45) is 4.21. The number of hydrogen-bond acceptors (Lipinski definition) is 2. The van der Waals surface area contributed by atoms with E-state index in [0.29, 0.717) is 23.0 Å². The lowest BCUT2D eigenvalue weighted by Crippen LogP contribution is -2.22. The van der Waals surface area contributed by atoms with Gasteiger partial charge in [0.1, 0.15) is 5.82 Å². The number of carbonyl (C=O) groups excluding carboxylic acids is 1. The standard InChI is InChI=1S/C19H17BrFN3O/c20-16-8-6-15(18(21)10-16)7-9-19(25)22-11-14-12-23-24(13-14)17-4-2-1-3-5-17/h1-6,8,10,12-13H,7,9,11H2,(H,22,25). The van der Waals surface area contributed by atoms with Crippen LogP contribution in [0.3, 0.4) is 0 Å². The molecular weight excluding hydrogens is 385 g/mol. The van der Waals surface area contributed by atoms with Crippen molar-refractivity contribution in [3.8, 4) is 5.69 Å². The number of benzene rings is 2. The van der Waals surface area contributed by atoms with E-state index < -0.39 is 0 Å². The summed E-state index contributed by atoms with van der Waals surface area (Å²) in [6, 6.07) is 14.6. The van der Waals surface area contributed by atoms with Gasteiger partial charge in [-0.1, -0.05) is 40.2 Å². The van der Waals surface area contributed by atoms with E-state index in [9.17, 15) is 9.18 Å². The summed E-state index contributed by atoms with van der Waals surface area (Å²) in [6.45, 7) is 0.397. The number of aromatic nitrogens is 2. The van der Waals surface area contributed by atoms with E-state index in [4.69, 9.17) is 0 Å². The Hall–Kier alpha value is -2.47. The molecule has 0 unspecified atom stereocenters. The molecule has 0 aliphatic carbocycles. The number of aryl methyl sites for hydroxylation is 1. The molecule has 2 aromatic carbocycles. The maximum Gasteiger partial charge on any atom is 0.220 e. The molecule has 0 radical (unpaired) electrons.